The number of ether oxygens (including phenoxy) is 2. The minimum atomic E-state index is -1.33. The molecule has 4 atom stereocenters. The summed E-state index contributed by atoms with van der Waals surface area (Å²) < 4.78 is 9.58. The molecule has 2 N–H and O–H groups in total. The average molecular weight is 434 g/mol. The number of carbonyl (C=O) groups is 4. The van der Waals surface area contributed by atoms with E-state index in [1.807, 2.05) is 0 Å². The topological polar surface area (TPSA) is 122 Å². The van der Waals surface area contributed by atoms with Crippen LogP contribution in [0.15, 0.2) is 24.3 Å². The van der Waals surface area contributed by atoms with Crippen molar-refractivity contribution < 1.29 is 33.8 Å². The number of nitrogens with one attached hydrogen (secondary N) is 1. The summed E-state index contributed by atoms with van der Waals surface area (Å²) in [7, 11) is 0. The molecule has 3 heterocycles. The van der Waals surface area contributed by atoms with E-state index in [0.29, 0.717) is 0 Å². The van der Waals surface area contributed by atoms with E-state index in [2.05, 4.69) is 5.32 Å². The fourth-order valence-corrected chi connectivity index (χ4v) is 5.44. The number of hydrogen-bond acceptors (Lipinski definition) is 9. The highest BCUT2D eigenvalue weighted by atomic mass is 32.2. The second-order valence-corrected chi connectivity index (χ2v) is 10.0. The summed E-state index contributed by atoms with van der Waals surface area (Å²) in [5, 5.41) is 12.1. The number of imide groups is 1. The van der Waals surface area contributed by atoms with Crippen molar-refractivity contribution in [3.63, 3.8) is 0 Å². The number of aliphatic hydroxyl groups excluding tert-OH is 1. The Hall–Kier alpha value is -2.43. The van der Waals surface area contributed by atoms with Gasteiger partial charge in [0.1, 0.15) is 23.0 Å². The number of thioether (sulfide) groups is 1. The van der Waals surface area contributed by atoms with Crippen LogP contribution in [0.1, 0.15) is 41.5 Å². The van der Waals surface area contributed by atoms with Gasteiger partial charge in [0, 0.05) is 0 Å². The molecule has 1 aromatic rings. The summed E-state index contributed by atoms with van der Waals surface area (Å²) in [6.45, 7) is 4.63. The first-order valence-electron chi connectivity index (χ1n) is 9.49. The molecule has 1 aromatic carbocycles. The monoisotopic (exact) mass is 434 g/mol. The molecule has 160 valence electrons. The number of nitrogens with zero attached hydrogens (tertiary/aromatic N) is 1. The molecule has 0 unspecified atom stereocenters. The largest absolute Gasteiger partial charge is 0.463 e. The molecule has 0 bridgehead atoms. The molecule has 0 aliphatic carbocycles. The van der Waals surface area contributed by atoms with Crippen LogP contribution in [0, 0.1) is 0 Å². The Morgan fingerprint density at radius 2 is 1.90 bits per heavy atom. The van der Waals surface area contributed by atoms with Crippen molar-refractivity contribution in [1.29, 1.82) is 0 Å². The summed E-state index contributed by atoms with van der Waals surface area (Å²) in [6, 6.07) is 4.14. The van der Waals surface area contributed by atoms with Gasteiger partial charge < -0.3 is 14.6 Å². The predicted molar refractivity (Wildman–Crippen MR) is 106 cm³/mol. The first kappa shape index (κ1) is 20.8. The molecule has 2 amide bonds. The van der Waals surface area contributed by atoms with Gasteiger partial charge in [-0.05, 0) is 32.9 Å². The fraction of sp³-hybridized carbons (Fsp3) is 0.500. The van der Waals surface area contributed by atoms with Crippen LogP contribution in [0.5, 0.6) is 0 Å². The molecule has 10 heteroatoms. The van der Waals surface area contributed by atoms with Crippen molar-refractivity contribution in [2.45, 2.75) is 48.6 Å². The first-order chi connectivity index (χ1) is 14.1. The van der Waals surface area contributed by atoms with Gasteiger partial charge in [-0.25, -0.2) is 4.79 Å². The number of rotatable bonds is 4. The number of fused-ring (bicyclic) bond motifs is 2. The van der Waals surface area contributed by atoms with Crippen molar-refractivity contribution >= 4 is 35.5 Å². The molecule has 3 aliphatic rings. The molecular weight excluding hydrogens is 412 g/mol. The summed E-state index contributed by atoms with van der Waals surface area (Å²) in [6.07, 6.45) is 0. The average Bonchev–Trinajstić information content (AvgIpc) is 3.28. The lowest BCUT2D eigenvalue weighted by Gasteiger charge is -2.32. The molecule has 2 fully saturated rings. The summed E-state index contributed by atoms with van der Waals surface area (Å²) in [5.74, 6) is -2.54. The van der Waals surface area contributed by atoms with Gasteiger partial charge in [0.25, 0.3) is 11.8 Å². The highest BCUT2D eigenvalue weighted by Gasteiger charge is 2.61. The fourth-order valence-electron chi connectivity index (χ4n) is 3.86. The maximum atomic E-state index is 13.2. The van der Waals surface area contributed by atoms with Gasteiger partial charge in [-0.3, -0.25) is 24.6 Å². The first-order valence-corrected chi connectivity index (χ1v) is 10.4. The summed E-state index contributed by atoms with van der Waals surface area (Å²) in [4.78, 5) is 52.3. The molecule has 0 radical (unpaired) electrons. The number of carbonyl (C=O) groups excluding carboxylic acids is 4. The minimum Gasteiger partial charge on any atom is -0.463 e. The number of hydrogen-bond donors (Lipinski definition) is 2. The Morgan fingerprint density at radius 1 is 1.30 bits per heavy atom. The van der Waals surface area contributed by atoms with Crippen molar-refractivity contribution in [1.82, 2.24) is 10.2 Å². The third-order valence-corrected chi connectivity index (χ3v) is 6.82. The third-order valence-electron chi connectivity index (χ3n) is 5.22. The van der Waals surface area contributed by atoms with Gasteiger partial charge in [-0.1, -0.05) is 12.1 Å². The van der Waals surface area contributed by atoms with Crippen molar-refractivity contribution in [3.05, 3.63) is 35.4 Å². The molecule has 0 saturated carbocycles. The minimum absolute atomic E-state index is 0.0374. The summed E-state index contributed by atoms with van der Waals surface area (Å²) >= 11 is 1.11. The lowest BCUT2D eigenvalue weighted by atomic mass is 10.0. The van der Waals surface area contributed by atoms with Crippen LogP contribution in [0.4, 0.5) is 0 Å². The molecule has 3 aliphatic heterocycles. The van der Waals surface area contributed by atoms with E-state index in [1.54, 1.807) is 32.9 Å². The van der Waals surface area contributed by atoms with Gasteiger partial charge in [-0.15, -0.1) is 11.8 Å². The van der Waals surface area contributed by atoms with Crippen LogP contribution in [-0.2, 0) is 19.1 Å². The predicted octanol–water partition coefficient (Wildman–Crippen LogP) is 0.312. The van der Waals surface area contributed by atoms with E-state index in [4.69, 9.17) is 9.47 Å². The highest BCUT2D eigenvalue weighted by molar-refractivity contribution is 8.01. The maximum Gasteiger partial charge on any atom is 0.332 e. The number of benzene rings is 1. The molecule has 0 aromatic heterocycles. The van der Waals surface area contributed by atoms with E-state index in [-0.39, 0.29) is 24.3 Å². The molecule has 9 nitrogen and oxygen atoms in total. The van der Waals surface area contributed by atoms with Crippen LogP contribution >= 0.6 is 11.8 Å². The zero-order chi connectivity index (χ0) is 21.8. The lowest BCUT2D eigenvalue weighted by Crippen LogP contribution is -2.56. The van der Waals surface area contributed by atoms with Crippen LogP contribution in [-0.4, -0.2) is 74.8 Å². The zero-order valence-electron chi connectivity index (χ0n) is 16.7. The normalized spacial score (nSPS) is 28.9. The molecule has 2 saturated heterocycles. The van der Waals surface area contributed by atoms with Gasteiger partial charge in [0.05, 0.1) is 23.1 Å². The smallest absolute Gasteiger partial charge is 0.332 e. The quantitative estimate of drug-likeness (QED) is 0.509. The Labute approximate surface area is 177 Å². The lowest BCUT2D eigenvalue weighted by molar-refractivity contribution is -0.160. The van der Waals surface area contributed by atoms with Gasteiger partial charge in [0.2, 0.25) is 0 Å². The Bertz CT molecular complexity index is 908. The number of aliphatic hydroxyl groups is 1. The SMILES string of the molecule is CC(C)(C)OC(=O)[C@@H]([C@H]1N[C@@H]2C(=O)OC[C@]2(CO)S1)N1C(=O)c2ccccc2C1=O. The molecule has 30 heavy (non-hydrogen) atoms. The number of amides is 2. The van der Waals surface area contributed by atoms with Gasteiger partial charge in [-0.2, -0.15) is 0 Å². The second kappa shape index (κ2) is 7.07. The zero-order valence-corrected chi connectivity index (χ0v) is 17.5. The third kappa shape index (κ3) is 3.19. The van der Waals surface area contributed by atoms with Gasteiger partial charge >= 0.3 is 11.9 Å². The molecule has 0 spiro atoms. The number of cyclic esters (lactones) is 1. The van der Waals surface area contributed by atoms with E-state index in [0.717, 1.165) is 16.7 Å². The van der Waals surface area contributed by atoms with Gasteiger partial charge in [0.15, 0.2) is 6.04 Å². The summed E-state index contributed by atoms with van der Waals surface area (Å²) in [5.41, 5.74) is -0.452. The van der Waals surface area contributed by atoms with E-state index < -0.39 is 51.6 Å². The van der Waals surface area contributed by atoms with E-state index in [1.165, 1.54) is 12.1 Å². The van der Waals surface area contributed by atoms with Crippen LogP contribution in [0.2, 0.25) is 0 Å². The highest BCUT2D eigenvalue weighted by Crippen LogP contribution is 2.45. The van der Waals surface area contributed by atoms with E-state index >= 15 is 0 Å². The van der Waals surface area contributed by atoms with Crippen LogP contribution < -0.4 is 5.32 Å². The van der Waals surface area contributed by atoms with Crippen molar-refractivity contribution in [2.75, 3.05) is 13.2 Å². The Morgan fingerprint density at radius 3 is 2.40 bits per heavy atom. The molecule has 4 rings (SSSR count). The maximum absolute atomic E-state index is 13.2. The Kier molecular flexibility index (Phi) is 4.91. The van der Waals surface area contributed by atoms with Crippen molar-refractivity contribution in [3.8, 4) is 0 Å². The number of esters is 2. The van der Waals surface area contributed by atoms with Crippen LogP contribution in [0.25, 0.3) is 0 Å². The van der Waals surface area contributed by atoms with Crippen LogP contribution in [0.3, 0.4) is 0 Å². The standard InChI is InChI=1S/C20H22N2O7S/c1-19(2,3)29-17(26)12(14-21-13-18(27)28-9-20(13,8-23)30-14)22-15(24)10-6-4-5-7-11(10)16(22)25/h4-7,12-14,21,23H,8-9H2,1-3H3/t12-,13-,14+,20+/m1/s1. The Balaban J connectivity index is 1.72. The van der Waals surface area contributed by atoms with Crippen molar-refractivity contribution in [2.24, 2.45) is 0 Å². The molecular formula is C20H22N2O7S. The van der Waals surface area contributed by atoms with E-state index in [9.17, 15) is 24.3 Å². The second-order valence-electron chi connectivity index (χ2n) is 8.47.